The number of halogens is 1. The van der Waals surface area contributed by atoms with Crippen molar-refractivity contribution in [3.8, 4) is 11.5 Å². The molecule has 0 heterocycles. The minimum absolute atomic E-state index is 0.0156. The second-order valence-electron chi connectivity index (χ2n) is 4.47. The summed E-state index contributed by atoms with van der Waals surface area (Å²) < 4.78 is 18.5. The summed E-state index contributed by atoms with van der Waals surface area (Å²) >= 11 is 0. The quantitative estimate of drug-likeness (QED) is 0.849. The molecule has 94 valence electrons. The summed E-state index contributed by atoms with van der Waals surface area (Å²) in [6.07, 6.45) is -0.0933. The summed E-state index contributed by atoms with van der Waals surface area (Å²) in [7, 11) is 1.36. The molecule has 1 rings (SSSR count). The summed E-state index contributed by atoms with van der Waals surface area (Å²) in [4.78, 5) is 10.9. The fourth-order valence-corrected chi connectivity index (χ4v) is 1.41. The normalized spacial score (nSPS) is 11.3. The van der Waals surface area contributed by atoms with Crippen molar-refractivity contribution in [1.82, 2.24) is 0 Å². The average Bonchev–Trinajstić information content (AvgIpc) is 2.22. The van der Waals surface area contributed by atoms with Gasteiger partial charge in [0.1, 0.15) is 17.3 Å². The Balaban J connectivity index is 3.12. The Morgan fingerprint density at radius 3 is 2.47 bits per heavy atom. The highest BCUT2D eigenvalue weighted by Crippen LogP contribution is 2.32. The van der Waals surface area contributed by atoms with Crippen molar-refractivity contribution < 1.29 is 24.1 Å². The molecule has 0 radical (unpaired) electrons. The Hall–Kier alpha value is -1.78. The molecule has 0 amide bonds. The van der Waals surface area contributed by atoms with Gasteiger partial charge in [0, 0.05) is 17.7 Å². The lowest BCUT2D eigenvalue weighted by Gasteiger charge is -2.20. The molecular formula is C12H15FO4. The number of phenols is 1. The number of hydrogen-bond acceptors (Lipinski definition) is 3. The maximum absolute atomic E-state index is 13.7. The molecule has 0 unspecified atom stereocenters. The third kappa shape index (κ3) is 2.87. The molecule has 0 saturated carbocycles. The molecular weight excluding hydrogens is 227 g/mol. The predicted octanol–water partition coefficient (Wildman–Crippen LogP) is 2.19. The first-order chi connectivity index (χ1) is 7.77. The fourth-order valence-electron chi connectivity index (χ4n) is 1.41. The smallest absolute Gasteiger partial charge is 0.309 e. The number of methoxy groups -OCH3 is 1. The SMILES string of the molecule is COc1cc(O)c(CC(C)(C)C(=O)O)c(F)c1. The zero-order chi connectivity index (χ0) is 13.2. The molecule has 0 bridgehead atoms. The van der Waals surface area contributed by atoms with Crippen LogP contribution in [0.15, 0.2) is 12.1 Å². The maximum atomic E-state index is 13.7. The summed E-state index contributed by atoms with van der Waals surface area (Å²) in [5.74, 6) is -1.82. The van der Waals surface area contributed by atoms with Crippen molar-refractivity contribution in [2.75, 3.05) is 7.11 Å². The van der Waals surface area contributed by atoms with E-state index in [9.17, 15) is 14.3 Å². The minimum Gasteiger partial charge on any atom is -0.507 e. The minimum atomic E-state index is -1.15. The third-order valence-corrected chi connectivity index (χ3v) is 2.58. The van der Waals surface area contributed by atoms with Crippen molar-refractivity contribution in [3.05, 3.63) is 23.5 Å². The number of benzene rings is 1. The van der Waals surface area contributed by atoms with Crippen molar-refractivity contribution >= 4 is 5.97 Å². The van der Waals surface area contributed by atoms with Gasteiger partial charge in [-0.15, -0.1) is 0 Å². The largest absolute Gasteiger partial charge is 0.507 e. The first kappa shape index (κ1) is 13.3. The van der Waals surface area contributed by atoms with Crippen LogP contribution in [-0.2, 0) is 11.2 Å². The van der Waals surface area contributed by atoms with Gasteiger partial charge in [-0.2, -0.15) is 0 Å². The van der Waals surface area contributed by atoms with Gasteiger partial charge in [-0.3, -0.25) is 4.79 Å². The maximum Gasteiger partial charge on any atom is 0.309 e. The first-order valence-electron chi connectivity index (χ1n) is 5.06. The van der Waals surface area contributed by atoms with E-state index in [1.807, 2.05) is 0 Å². The van der Waals surface area contributed by atoms with Crippen molar-refractivity contribution in [2.45, 2.75) is 20.3 Å². The topological polar surface area (TPSA) is 66.8 Å². The molecule has 0 aromatic heterocycles. The summed E-state index contributed by atoms with van der Waals surface area (Å²) in [6.45, 7) is 2.94. The number of phenolic OH excluding ortho intramolecular Hbond substituents is 1. The van der Waals surface area contributed by atoms with Crippen LogP contribution in [0.25, 0.3) is 0 Å². The summed E-state index contributed by atoms with van der Waals surface area (Å²) in [5, 5.41) is 18.6. The molecule has 0 spiro atoms. The Morgan fingerprint density at radius 1 is 1.47 bits per heavy atom. The molecule has 0 aliphatic carbocycles. The van der Waals surface area contributed by atoms with Crippen LogP contribution in [0, 0.1) is 11.2 Å². The van der Waals surface area contributed by atoms with E-state index in [0.29, 0.717) is 0 Å². The van der Waals surface area contributed by atoms with Crippen LogP contribution in [0.1, 0.15) is 19.4 Å². The number of aromatic hydroxyl groups is 1. The van der Waals surface area contributed by atoms with Crippen LogP contribution < -0.4 is 4.74 Å². The van der Waals surface area contributed by atoms with Gasteiger partial charge >= 0.3 is 5.97 Å². The number of hydrogen-bond donors (Lipinski definition) is 2. The van der Waals surface area contributed by atoms with Crippen LogP contribution in [0.4, 0.5) is 4.39 Å². The van der Waals surface area contributed by atoms with Gasteiger partial charge < -0.3 is 14.9 Å². The highest BCUT2D eigenvalue weighted by Gasteiger charge is 2.30. The molecule has 5 heteroatoms. The monoisotopic (exact) mass is 242 g/mol. The zero-order valence-corrected chi connectivity index (χ0v) is 9.95. The highest BCUT2D eigenvalue weighted by atomic mass is 19.1. The van der Waals surface area contributed by atoms with Crippen molar-refractivity contribution in [2.24, 2.45) is 5.41 Å². The third-order valence-electron chi connectivity index (χ3n) is 2.58. The van der Waals surface area contributed by atoms with Crippen LogP contribution >= 0.6 is 0 Å². The number of carbonyl (C=O) groups is 1. The molecule has 0 aliphatic rings. The standard InChI is InChI=1S/C12H15FO4/c1-12(2,11(15)16)6-8-9(13)4-7(17-3)5-10(8)14/h4-5,14H,6H2,1-3H3,(H,15,16). The molecule has 0 fully saturated rings. The Kier molecular flexibility index (Phi) is 3.60. The van der Waals surface area contributed by atoms with Gasteiger partial charge in [0.15, 0.2) is 0 Å². The van der Waals surface area contributed by atoms with E-state index < -0.39 is 17.2 Å². The Bertz CT molecular complexity index is 417. The Labute approximate surface area is 98.7 Å². The van der Waals surface area contributed by atoms with Gasteiger partial charge in [-0.1, -0.05) is 0 Å². The molecule has 4 nitrogen and oxygen atoms in total. The number of carboxylic acid groups (broad SMARTS) is 1. The Morgan fingerprint density at radius 2 is 2.06 bits per heavy atom. The number of carboxylic acids is 1. The number of ether oxygens (including phenoxy) is 1. The first-order valence-corrected chi connectivity index (χ1v) is 5.06. The average molecular weight is 242 g/mol. The number of rotatable bonds is 4. The second kappa shape index (κ2) is 4.61. The van der Waals surface area contributed by atoms with Gasteiger partial charge in [0.05, 0.1) is 12.5 Å². The number of aliphatic carboxylic acids is 1. The summed E-state index contributed by atoms with van der Waals surface area (Å²) in [5.41, 5.74) is -1.16. The fraction of sp³-hybridized carbons (Fsp3) is 0.417. The molecule has 0 saturated heterocycles. The van der Waals surface area contributed by atoms with E-state index in [2.05, 4.69) is 0 Å². The molecule has 1 aromatic carbocycles. The lowest BCUT2D eigenvalue weighted by atomic mass is 9.85. The second-order valence-corrected chi connectivity index (χ2v) is 4.47. The van der Waals surface area contributed by atoms with Gasteiger partial charge in [0.2, 0.25) is 0 Å². The van der Waals surface area contributed by atoms with Crippen molar-refractivity contribution in [1.29, 1.82) is 0 Å². The molecule has 0 atom stereocenters. The molecule has 2 N–H and O–H groups in total. The molecule has 0 aliphatic heterocycles. The van der Waals surface area contributed by atoms with Gasteiger partial charge in [-0.05, 0) is 20.3 Å². The highest BCUT2D eigenvalue weighted by molar-refractivity contribution is 5.74. The van der Waals surface area contributed by atoms with E-state index in [0.717, 1.165) is 6.07 Å². The van der Waals surface area contributed by atoms with Crippen LogP contribution in [-0.4, -0.2) is 23.3 Å². The van der Waals surface area contributed by atoms with Gasteiger partial charge in [0.25, 0.3) is 0 Å². The molecule has 17 heavy (non-hydrogen) atoms. The lowest BCUT2D eigenvalue weighted by molar-refractivity contribution is -0.146. The molecule has 1 aromatic rings. The lowest BCUT2D eigenvalue weighted by Crippen LogP contribution is -2.26. The van der Waals surface area contributed by atoms with E-state index in [-0.39, 0.29) is 23.5 Å². The predicted molar refractivity (Wildman–Crippen MR) is 59.7 cm³/mol. The van der Waals surface area contributed by atoms with E-state index in [1.54, 1.807) is 0 Å². The van der Waals surface area contributed by atoms with Gasteiger partial charge in [-0.25, -0.2) is 4.39 Å². The van der Waals surface area contributed by atoms with E-state index in [1.165, 1.54) is 27.0 Å². The summed E-state index contributed by atoms with van der Waals surface area (Å²) in [6, 6.07) is 2.38. The van der Waals surface area contributed by atoms with Crippen LogP contribution in [0.5, 0.6) is 11.5 Å². The van der Waals surface area contributed by atoms with Crippen LogP contribution in [0.3, 0.4) is 0 Å². The zero-order valence-electron chi connectivity index (χ0n) is 9.95. The van der Waals surface area contributed by atoms with E-state index >= 15 is 0 Å². The van der Waals surface area contributed by atoms with E-state index in [4.69, 9.17) is 9.84 Å². The van der Waals surface area contributed by atoms with Crippen LogP contribution in [0.2, 0.25) is 0 Å². The van der Waals surface area contributed by atoms with Crippen molar-refractivity contribution in [3.63, 3.8) is 0 Å².